The molecule has 2 rings (SSSR count). The predicted molar refractivity (Wildman–Crippen MR) is 83.7 cm³/mol. The van der Waals surface area contributed by atoms with Crippen LogP contribution in [0.2, 0.25) is 0 Å². The van der Waals surface area contributed by atoms with E-state index in [1.54, 1.807) is 0 Å². The number of aryl methyl sites for hydroxylation is 2. The molecule has 0 bridgehead atoms. The number of aromatic nitrogens is 1. The molecule has 1 amide bonds. The van der Waals surface area contributed by atoms with Gasteiger partial charge in [0, 0.05) is 24.5 Å². The fourth-order valence-electron chi connectivity index (χ4n) is 2.73. The summed E-state index contributed by atoms with van der Waals surface area (Å²) < 4.78 is 0. The van der Waals surface area contributed by atoms with Gasteiger partial charge in [-0.3, -0.25) is 9.78 Å². The second-order valence-corrected chi connectivity index (χ2v) is 6.14. The number of anilines is 1. The smallest absolute Gasteiger partial charge is 0.225 e. The molecule has 0 saturated carbocycles. The Morgan fingerprint density at radius 2 is 2.10 bits per heavy atom. The number of amides is 1. The van der Waals surface area contributed by atoms with Crippen molar-refractivity contribution < 1.29 is 4.79 Å². The molecule has 1 saturated heterocycles. The summed E-state index contributed by atoms with van der Waals surface area (Å²) in [6.07, 6.45) is 0.736. The third-order valence-electron chi connectivity index (χ3n) is 3.96. The van der Waals surface area contributed by atoms with Crippen molar-refractivity contribution >= 4 is 28.8 Å². The molecule has 0 radical (unpaired) electrons. The van der Waals surface area contributed by atoms with E-state index in [1.165, 1.54) is 0 Å². The van der Waals surface area contributed by atoms with Gasteiger partial charge in [-0.2, -0.15) is 0 Å². The van der Waals surface area contributed by atoms with Crippen LogP contribution in [0, 0.1) is 19.3 Å². The van der Waals surface area contributed by atoms with Crippen molar-refractivity contribution in [2.75, 3.05) is 18.0 Å². The molecule has 20 heavy (non-hydrogen) atoms. The van der Waals surface area contributed by atoms with E-state index >= 15 is 0 Å². The monoisotopic (exact) mass is 292 g/mol. The molecule has 1 aliphatic heterocycles. The van der Waals surface area contributed by atoms with Crippen LogP contribution < -0.4 is 16.4 Å². The van der Waals surface area contributed by atoms with Crippen LogP contribution in [0.3, 0.4) is 0 Å². The molecule has 6 heteroatoms. The molecule has 0 spiro atoms. The highest BCUT2D eigenvalue weighted by molar-refractivity contribution is 7.80. The maximum Gasteiger partial charge on any atom is 0.225 e. The summed E-state index contributed by atoms with van der Waals surface area (Å²) in [6, 6.07) is 1.97. The zero-order valence-corrected chi connectivity index (χ0v) is 12.9. The maximum absolute atomic E-state index is 11.6. The zero-order valence-electron chi connectivity index (χ0n) is 12.1. The number of primary amides is 1. The summed E-state index contributed by atoms with van der Waals surface area (Å²) in [6.45, 7) is 7.08. The molecule has 108 valence electrons. The van der Waals surface area contributed by atoms with E-state index < -0.39 is 5.41 Å². The van der Waals surface area contributed by atoms with Crippen molar-refractivity contribution in [1.82, 2.24) is 4.98 Å². The minimum absolute atomic E-state index is 0.264. The van der Waals surface area contributed by atoms with Gasteiger partial charge in [0.2, 0.25) is 5.91 Å². The number of rotatable bonds is 3. The van der Waals surface area contributed by atoms with Gasteiger partial charge in [0.25, 0.3) is 0 Å². The molecule has 1 aliphatic rings. The Kier molecular flexibility index (Phi) is 3.69. The summed E-state index contributed by atoms with van der Waals surface area (Å²) in [5.74, 6) is -0.264. The minimum atomic E-state index is -0.501. The Morgan fingerprint density at radius 3 is 2.60 bits per heavy atom. The Hall–Kier alpha value is -1.69. The van der Waals surface area contributed by atoms with E-state index in [-0.39, 0.29) is 5.91 Å². The van der Waals surface area contributed by atoms with Gasteiger partial charge in [-0.05, 0) is 33.3 Å². The number of thiocarbonyl (C=S) groups is 1. The molecule has 1 aromatic heterocycles. The SMILES string of the molecule is Cc1cc(N2CCC(C)(C(N)=O)C2)c(C(N)=S)c(C)n1. The number of nitrogens with two attached hydrogens (primary N) is 2. The number of carbonyl (C=O) groups excluding carboxylic acids is 1. The average Bonchev–Trinajstić information content (AvgIpc) is 2.71. The van der Waals surface area contributed by atoms with Gasteiger partial charge in [0.15, 0.2) is 0 Å². The molecule has 0 aliphatic carbocycles. The van der Waals surface area contributed by atoms with Crippen LogP contribution in [0.25, 0.3) is 0 Å². The highest BCUT2D eigenvalue weighted by atomic mass is 32.1. The number of pyridine rings is 1. The molecule has 5 nitrogen and oxygen atoms in total. The van der Waals surface area contributed by atoms with Crippen LogP contribution >= 0.6 is 12.2 Å². The molecule has 4 N–H and O–H groups in total. The third kappa shape index (κ3) is 2.47. The van der Waals surface area contributed by atoms with Gasteiger partial charge in [-0.15, -0.1) is 0 Å². The first kappa shape index (κ1) is 14.7. The Morgan fingerprint density at radius 1 is 1.45 bits per heavy atom. The molecule has 0 aromatic carbocycles. The van der Waals surface area contributed by atoms with Crippen LogP contribution in [0.15, 0.2) is 6.07 Å². The van der Waals surface area contributed by atoms with Crippen LogP contribution in [0.4, 0.5) is 5.69 Å². The van der Waals surface area contributed by atoms with Gasteiger partial charge in [0.05, 0.1) is 16.7 Å². The predicted octanol–water partition coefficient (Wildman–Crippen LogP) is 1.03. The van der Waals surface area contributed by atoms with E-state index in [4.69, 9.17) is 23.7 Å². The lowest BCUT2D eigenvalue weighted by Crippen LogP contribution is -2.37. The van der Waals surface area contributed by atoms with E-state index in [9.17, 15) is 4.79 Å². The largest absolute Gasteiger partial charge is 0.389 e. The van der Waals surface area contributed by atoms with Crippen molar-refractivity contribution in [2.45, 2.75) is 27.2 Å². The number of hydrogen-bond acceptors (Lipinski definition) is 4. The molecule has 1 aromatic rings. The second-order valence-electron chi connectivity index (χ2n) is 5.70. The molecular weight excluding hydrogens is 272 g/mol. The topological polar surface area (TPSA) is 85.2 Å². The van der Waals surface area contributed by atoms with Gasteiger partial charge < -0.3 is 16.4 Å². The lowest BCUT2D eigenvalue weighted by atomic mass is 9.89. The standard InChI is InChI=1S/C14H20N4OS/c1-8-6-10(11(12(15)20)9(2)17-8)18-5-4-14(3,7-18)13(16)19/h6H,4-5,7H2,1-3H3,(H2,15,20)(H2,16,19). The molecule has 2 heterocycles. The van der Waals surface area contributed by atoms with Gasteiger partial charge in [-0.25, -0.2) is 0 Å². The lowest BCUT2D eigenvalue weighted by molar-refractivity contribution is -0.125. The number of hydrogen-bond donors (Lipinski definition) is 2. The average molecular weight is 292 g/mol. The van der Waals surface area contributed by atoms with Crippen molar-refractivity contribution in [1.29, 1.82) is 0 Å². The first-order chi connectivity index (χ1) is 9.24. The molecule has 1 atom stereocenters. The summed E-state index contributed by atoms with van der Waals surface area (Å²) in [7, 11) is 0. The van der Waals surface area contributed by atoms with Crippen LogP contribution in [-0.2, 0) is 4.79 Å². The quantitative estimate of drug-likeness (QED) is 0.813. The Labute approximate surface area is 124 Å². The normalized spacial score (nSPS) is 22.1. The number of nitrogens with zero attached hydrogens (tertiary/aromatic N) is 2. The van der Waals surface area contributed by atoms with Crippen LogP contribution in [-0.4, -0.2) is 29.0 Å². The highest BCUT2D eigenvalue weighted by Crippen LogP contribution is 2.35. The van der Waals surface area contributed by atoms with Gasteiger partial charge in [-0.1, -0.05) is 12.2 Å². The summed E-state index contributed by atoms with van der Waals surface area (Å²) >= 11 is 5.14. The van der Waals surface area contributed by atoms with Crippen molar-refractivity contribution in [2.24, 2.45) is 16.9 Å². The fourth-order valence-corrected chi connectivity index (χ4v) is 2.98. The van der Waals surface area contributed by atoms with Crippen LogP contribution in [0.5, 0.6) is 0 Å². The number of carbonyl (C=O) groups is 1. The highest BCUT2D eigenvalue weighted by Gasteiger charge is 2.39. The fraction of sp³-hybridized carbons (Fsp3) is 0.500. The zero-order chi connectivity index (χ0) is 15.1. The van der Waals surface area contributed by atoms with Crippen LogP contribution in [0.1, 0.15) is 30.3 Å². The van der Waals surface area contributed by atoms with Crippen molar-refractivity contribution in [3.8, 4) is 0 Å². The Balaban J connectivity index is 2.44. The molecule has 1 fully saturated rings. The lowest BCUT2D eigenvalue weighted by Gasteiger charge is -2.25. The van der Waals surface area contributed by atoms with E-state index in [1.807, 2.05) is 26.8 Å². The summed E-state index contributed by atoms with van der Waals surface area (Å²) in [4.78, 5) is 18.5. The van der Waals surface area contributed by atoms with Gasteiger partial charge >= 0.3 is 0 Å². The van der Waals surface area contributed by atoms with E-state index in [0.717, 1.165) is 35.6 Å². The van der Waals surface area contributed by atoms with Gasteiger partial charge in [0.1, 0.15) is 4.99 Å². The molecule has 1 unspecified atom stereocenters. The minimum Gasteiger partial charge on any atom is -0.389 e. The third-order valence-corrected chi connectivity index (χ3v) is 4.17. The van der Waals surface area contributed by atoms with Crippen molar-refractivity contribution in [3.63, 3.8) is 0 Å². The molecular formula is C14H20N4OS. The van der Waals surface area contributed by atoms with E-state index in [0.29, 0.717) is 11.5 Å². The second kappa shape index (κ2) is 5.01. The first-order valence-electron chi connectivity index (χ1n) is 6.57. The maximum atomic E-state index is 11.6. The van der Waals surface area contributed by atoms with E-state index in [2.05, 4.69) is 9.88 Å². The summed E-state index contributed by atoms with van der Waals surface area (Å²) in [5.41, 5.74) is 14.3. The first-order valence-corrected chi connectivity index (χ1v) is 6.98. The summed E-state index contributed by atoms with van der Waals surface area (Å²) in [5, 5.41) is 0. The Bertz CT molecular complexity index is 587. The van der Waals surface area contributed by atoms with Crippen molar-refractivity contribution in [3.05, 3.63) is 23.0 Å².